The predicted octanol–water partition coefficient (Wildman–Crippen LogP) is 3.29. The molecule has 132 valence electrons. The number of carbonyl (C=O) groups excluding carboxylic acids is 1. The smallest absolute Gasteiger partial charge is 0.226 e. The molecule has 0 aromatic heterocycles. The topological polar surface area (TPSA) is 46.3 Å². The molecule has 0 saturated heterocycles. The third kappa shape index (κ3) is 3.18. The van der Waals surface area contributed by atoms with Crippen molar-refractivity contribution in [2.45, 2.75) is 51.1 Å². The van der Waals surface area contributed by atoms with E-state index < -0.39 is 0 Å². The molecule has 2 unspecified atom stereocenters. The molecule has 2 bridgehead atoms. The highest BCUT2D eigenvalue weighted by Crippen LogP contribution is 2.42. The average molecular weight is 353 g/mol. The summed E-state index contributed by atoms with van der Waals surface area (Å²) in [5.74, 6) is 1.22. The van der Waals surface area contributed by atoms with Crippen LogP contribution in [0.3, 0.4) is 0 Å². The number of amides is 1. The molecule has 5 heteroatoms. The lowest BCUT2D eigenvalue weighted by Gasteiger charge is -2.45. The first kappa shape index (κ1) is 17.7. The number of hydrogen-bond donors (Lipinski definition) is 1. The van der Waals surface area contributed by atoms with Crippen LogP contribution in [0.2, 0.25) is 0 Å². The van der Waals surface area contributed by atoms with Gasteiger partial charge in [-0.15, -0.1) is 12.4 Å². The van der Waals surface area contributed by atoms with Crippen LogP contribution < -0.4 is 5.73 Å². The lowest BCUT2D eigenvalue weighted by molar-refractivity contribution is -0.139. The van der Waals surface area contributed by atoms with Crippen LogP contribution in [0.15, 0.2) is 18.2 Å². The predicted molar refractivity (Wildman–Crippen MR) is 94.3 cm³/mol. The molecular formula is C19H26ClFN2O. The van der Waals surface area contributed by atoms with E-state index in [1.165, 1.54) is 30.9 Å². The van der Waals surface area contributed by atoms with Crippen molar-refractivity contribution in [1.29, 1.82) is 0 Å². The standard InChI is InChI=1S/C19H25FN2O.ClH/c20-17-5-4-12-6-7-22(11-16(12)10-17)19(23)15-8-13-2-1-3-14(9-15)18(13)21;/h4-5,10,13-15,18H,1-3,6-9,11,21H2;1H. The molecule has 2 N–H and O–H groups in total. The third-order valence-corrected chi connectivity index (χ3v) is 6.25. The van der Waals surface area contributed by atoms with Crippen LogP contribution in [0.5, 0.6) is 0 Å². The number of halogens is 2. The summed E-state index contributed by atoms with van der Waals surface area (Å²) in [6.45, 7) is 1.32. The van der Waals surface area contributed by atoms with Gasteiger partial charge in [-0.3, -0.25) is 4.79 Å². The quantitative estimate of drug-likeness (QED) is 0.843. The Labute approximate surface area is 149 Å². The first-order valence-electron chi connectivity index (χ1n) is 8.93. The molecule has 2 aliphatic carbocycles. The fourth-order valence-electron chi connectivity index (χ4n) is 4.96. The molecule has 2 atom stereocenters. The molecule has 1 aromatic rings. The second-order valence-electron chi connectivity index (χ2n) is 7.62. The first-order chi connectivity index (χ1) is 11.1. The van der Waals surface area contributed by atoms with Crippen molar-refractivity contribution >= 4 is 18.3 Å². The molecule has 2 fully saturated rings. The van der Waals surface area contributed by atoms with Crippen molar-refractivity contribution in [1.82, 2.24) is 4.90 Å². The molecule has 4 rings (SSSR count). The van der Waals surface area contributed by atoms with Crippen LogP contribution in [0.1, 0.15) is 43.2 Å². The summed E-state index contributed by atoms with van der Waals surface area (Å²) in [6.07, 6.45) is 6.34. The van der Waals surface area contributed by atoms with Crippen molar-refractivity contribution in [2.75, 3.05) is 6.54 Å². The minimum Gasteiger partial charge on any atom is -0.338 e. The van der Waals surface area contributed by atoms with Gasteiger partial charge in [0, 0.05) is 25.0 Å². The van der Waals surface area contributed by atoms with Gasteiger partial charge in [-0.2, -0.15) is 0 Å². The van der Waals surface area contributed by atoms with Crippen molar-refractivity contribution in [3.63, 3.8) is 0 Å². The van der Waals surface area contributed by atoms with Crippen LogP contribution in [-0.4, -0.2) is 23.4 Å². The van der Waals surface area contributed by atoms with Crippen LogP contribution in [0.25, 0.3) is 0 Å². The zero-order valence-electron chi connectivity index (χ0n) is 13.9. The van der Waals surface area contributed by atoms with Gasteiger partial charge in [-0.1, -0.05) is 12.5 Å². The highest BCUT2D eigenvalue weighted by atomic mass is 35.5. The fraction of sp³-hybridized carbons (Fsp3) is 0.632. The summed E-state index contributed by atoms with van der Waals surface area (Å²) >= 11 is 0. The summed E-state index contributed by atoms with van der Waals surface area (Å²) in [7, 11) is 0. The zero-order chi connectivity index (χ0) is 16.0. The van der Waals surface area contributed by atoms with Gasteiger partial charge < -0.3 is 10.6 Å². The molecule has 1 amide bonds. The molecule has 1 aliphatic heterocycles. The minimum absolute atomic E-state index is 0. The fourth-order valence-corrected chi connectivity index (χ4v) is 4.96. The maximum atomic E-state index is 13.5. The van der Waals surface area contributed by atoms with Gasteiger partial charge in [-0.05, 0) is 67.2 Å². The Kier molecular flexibility index (Phi) is 5.16. The molecule has 0 radical (unpaired) electrons. The van der Waals surface area contributed by atoms with Gasteiger partial charge in [-0.25, -0.2) is 4.39 Å². The normalized spacial score (nSPS) is 31.8. The van der Waals surface area contributed by atoms with Gasteiger partial charge in [0.2, 0.25) is 5.91 Å². The van der Waals surface area contributed by atoms with E-state index in [-0.39, 0.29) is 30.0 Å². The second kappa shape index (κ2) is 7.01. The van der Waals surface area contributed by atoms with Gasteiger partial charge in [0.25, 0.3) is 0 Å². The van der Waals surface area contributed by atoms with Crippen LogP contribution in [0, 0.1) is 23.6 Å². The largest absolute Gasteiger partial charge is 0.338 e. The first-order valence-corrected chi connectivity index (χ1v) is 8.93. The monoisotopic (exact) mass is 352 g/mol. The summed E-state index contributed by atoms with van der Waals surface area (Å²) in [6, 6.07) is 5.25. The third-order valence-electron chi connectivity index (χ3n) is 6.25. The number of nitrogens with zero attached hydrogens (tertiary/aromatic N) is 1. The van der Waals surface area contributed by atoms with E-state index in [2.05, 4.69) is 0 Å². The van der Waals surface area contributed by atoms with Gasteiger partial charge in [0.1, 0.15) is 5.82 Å². The van der Waals surface area contributed by atoms with Gasteiger partial charge >= 0.3 is 0 Å². The van der Waals surface area contributed by atoms with Crippen molar-refractivity contribution < 1.29 is 9.18 Å². The second-order valence-corrected chi connectivity index (χ2v) is 7.62. The number of carbonyl (C=O) groups is 1. The van der Waals surface area contributed by atoms with E-state index in [9.17, 15) is 9.18 Å². The Balaban J connectivity index is 0.00000169. The van der Waals surface area contributed by atoms with Crippen LogP contribution in [-0.2, 0) is 17.8 Å². The van der Waals surface area contributed by atoms with Crippen molar-refractivity contribution in [3.8, 4) is 0 Å². The lowest BCUT2D eigenvalue weighted by Crippen LogP contribution is -2.50. The summed E-state index contributed by atoms with van der Waals surface area (Å²) in [5, 5.41) is 0. The number of benzene rings is 1. The number of hydrogen-bond acceptors (Lipinski definition) is 2. The SMILES string of the molecule is Cl.NC1C2CCCC1CC(C(=O)N1CCc3ccc(F)cc3C1)C2. The van der Waals surface area contributed by atoms with Gasteiger partial charge in [0.05, 0.1) is 0 Å². The molecule has 0 spiro atoms. The van der Waals surface area contributed by atoms with Crippen molar-refractivity contribution in [3.05, 3.63) is 35.1 Å². The van der Waals surface area contributed by atoms with E-state index in [1.54, 1.807) is 6.07 Å². The van der Waals surface area contributed by atoms with Gasteiger partial charge in [0.15, 0.2) is 0 Å². The molecule has 2 saturated carbocycles. The Morgan fingerprint density at radius 1 is 1.17 bits per heavy atom. The molecular weight excluding hydrogens is 327 g/mol. The molecule has 3 nitrogen and oxygen atoms in total. The van der Waals surface area contributed by atoms with E-state index in [4.69, 9.17) is 5.73 Å². The number of nitrogens with two attached hydrogens (primary N) is 1. The minimum atomic E-state index is -0.212. The number of rotatable bonds is 1. The van der Waals surface area contributed by atoms with Crippen molar-refractivity contribution in [2.24, 2.45) is 23.5 Å². The van der Waals surface area contributed by atoms with E-state index in [0.717, 1.165) is 31.4 Å². The summed E-state index contributed by atoms with van der Waals surface area (Å²) in [5.41, 5.74) is 8.49. The zero-order valence-corrected chi connectivity index (χ0v) is 14.7. The Morgan fingerprint density at radius 3 is 2.58 bits per heavy atom. The maximum absolute atomic E-state index is 13.5. The average Bonchev–Trinajstić information content (AvgIpc) is 2.53. The van der Waals surface area contributed by atoms with E-state index in [0.29, 0.717) is 24.4 Å². The van der Waals surface area contributed by atoms with E-state index in [1.807, 2.05) is 11.0 Å². The molecule has 3 aliphatic rings. The molecule has 1 heterocycles. The molecule has 24 heavy (non-hydrogen) atoms. The maximum Gasteiger partial charge on any atom is 0.226 e. The number of fused-ring (bicyclic) bond motifs is 3. The Morgan fingerprint density at radius 2 is 1.88 bits per heavy atom. The highest BCUT2D eigenvalue weighted by Gasteiger charge is 2.41. The van der Waals surface area contributed by atoms with E-state index >= 15 is 0 Å². The Bertz CT molecular complexity index is 609. The lowest BCUT2D eigenvalue weighted by atomic mass is 9.65. The van der Waals surface area contributed by atoms with Crippen LogP contribution in [0.4, 0.5) is 4.39 Å². The molecule has 1 aromatic carbocycles. The van der Waals surface area contributed by atoms with Crippen LogP contribution >= 0.6 is 12.4 Å². The summed E-state index contributed by atoms with van der Waals surface area (Å²) in [4.78, 5) is 14.9. The Hall–Kier alpha value is -1.13. The highest BCUT2D eigenvalue weighted by molar-refractivity contribution is 5.85. The summed E-state index contributed by atoms with van der Waals surface area (Å²) < 4.78 is 13.5.